The van der Waals surface area contributed by atoms with Crippen molar-refractivity contribution in [1.82, 2.24) is 4.31 Å². The fourth-order valence-corrected chi connectivity index (χ4v) is 4.13. The van der Waals surface area contributed by atoms with E-state index in [9.17, 15) is 17.6 Å². The molecule has 1 aromatic rings. The Morgan fingerprint density at radius 3 is 2.74 bits per heavy atom. The molecule has 0 N–H and O–H groups in total. The van der Waals surface area contributed by atoms with E-state index in [0.29, 0.717) is 5.56 Å². The largest absolute Gasteiger partial charge is 0.273 e. The first kappa shape index (κ1) is 14.3. The van der Waals surface area contributed by atoms with Gasteiger partial charge in [-0.2, -0.15) is 0 Å². The van der Waals surface area contributed by atoms with Crippen molar-refractivity contribution in [2.24, 2.45) is 5.92 Å². The van der Waals surface area contributed by atoms with Crippen molar-refractivity contribution >= 4 is 27.5 Å². The van der Waals surface area contributed by atoms with Crippen LogP contribution in [0.15, 0.2) is 18.2 Å². The summed E-state index contributed by atoms with van der Waals surface area (Å²) in [6.07, 6.45) is -0.105. The Morgan fingerprint density at radius 2 is 2.21 bits per heavy atom. The van der Waals surface area contributed by atoms with Gasteiger partial charge in [-0.3, -0.25) is 4.79 Å². The molecule has 2 rings (SSSR count). The summed E-state index contributed by atoms with van der Waals surface area (Å²) in [6, 6.07) is 3.91. The van der Waals surface area contributed by atoms with Gasteiger partial charge in [0.05, 0.1) is 17.2 Å². The van der Waals surface area contributed by atoms with E-state index >= 15 is 0 Å². The van der Waals surface area contributed by atoms with Crippen molar-refractivity contribution in [3.05, 3.63) is 34.6 Å². The summed E-state index contributed by atoms with van der Waals surface area (Å²) < 4.78 is 37.4. The van der Waals surface area contributed by atoms with E-state index in [1.54, 1.807) is 6.92 Å². The quantitative estimate of drug-likeness (QED) is 0.837. The zero-order valence-electron chi connectivity index (χ0n) is 10.3. The van der Waals surface area contributed by atoms with Crippen LogP contribution in [0, 0.1) is 11.7 Å². The summed E-state index contributed by atoms with van der Waals surface area (Å²) in [5.41, 5.74) is 0.492. The van der Waals surface area contributed by atoms with Crippen LogP contribution >= 0.6 is 11.6 Å². The van der Waals surface area contributed by atoms with Crippen molar-refractivity contribution in [3.63, 3.8) is 0 Å². The normalized spacial score (nSPS) is 21.6. The fraction of sp³-hybridized carbons (Fsp3) is 0.417. The van der Waals surface area contributed by atoms with Gasteiger partial charge < -0.3 is 0 Å². The summed E-state index contributed by atoms with van der Waals surface area (Å²) in [5.74, 6) is -1.15. The Hall–Kier alpha value is -1.14. The molecule has 0 aliphatic carbocycles. The number of sulfonamides is 1. The summed E-state index contributed by atoms with van der Waals surface area (Å²) in [7, 11) is -3.50. The first-order chi connectivity index (χ1) is 8.79. The van der Waals surface area contributed by atoms with Gasteiger partial charge in [-0.05, 0) is 23.6 Å². The SMILES string of the molecule is CC1CN(C(=O)Cc2ccc(F)c(Cl)c2)S(=O)(=O)C1. The standard InChI is InChI=1S/C12H13ClFNO3S/c1-8-6-15(19(17,18)7-8)12(16)5-9-2-3-11(14)10(13)4-9/h2-4,8H,5-7H2,1H3. The van der Waals surface area contributed by atoms with Gasteiger partial charge in [-0.25, -0.2) is 17.1 Å². The van der Waals surface area contributed by atoms with Gasteiger partial charge in [-0.1, -0.05) is 24.6 Å². The lowest BCUT2D eigenvalue weighted by atomic mass is 10.1. The minimum Gasteiger partial charge on any atom is -0.273 e. The molecule has 1 heterocycles. The van der Waals surface area contributed by atoms with Gasteiger partial charge in [0.15, 0.2) is 0 Å². The first-order valence-corrected chi connectivity index (χ1v) is 7.75. The van der Waals surface area contributed by atoms with E-state index in [1.807, 2.05) is 0 Å². The van der Waals surface area contributed by atoms with E-state index < -0.39 is 21.7 Å². The highest BCUT2D eigenvalue weighted by Gasteiger charge is 2.36. The van der Waals surface area contributed by atoms with Crippen LogP contribution in [0.1, 0.15) is 12.5 Å². The van der Waals surface area contributed by atoms with Crippen LogP contribution in [-0.4, -0.2) is 30.9 Å². The van der Waals surface area contributed by atoms with Gasteiger partial charge >= 0.3 is 0 Å². The minimum atomic E-state index is -3.50. The molecule has 1 fully saturated rings. The Morgan fingerprint density at radius 1 is 1.53 bits per heavy atom. The van der Waals surface area contributed by atoms with Crippen molar-refractivity contribution in [2.45, 2.75) is 13.3 Å². The molecule has 0 bridgehead atoms. The van der Waals surface area contributed by atoms with Crippen LogP contribution < -0.4 is 0 Å². The number of hydrogen-bond donors (Lipinski definition) is 0. The molecule has 104 valence electrons. The number of halogens is 2. The number of carbonyl (C=O) groups excluding carboxylic acids is 1. The number of amides is 1. The number of hydrogen-bond acceptors (Lipinski definition) is 3. The van der Waals surface area contributed by atoms with Crippen molar-refractivity contribution in [3.8, 4) is 0 Å². The predicted molar refractivity (Wildman–Crippen MR) is 69.8 cm³/mol. The maximum Gasteiger partial charge on any atom is 0.240 e. The average Bonchev–Trinajstić information content (AvgIpc) is 2.57. The van der Waals surface area contributed by atoms with Crippen LogP contribution in [-0.2, 0) is 21.2 Å². The van der Waals surface area contributed by atoms with Crippen molar-refractivity contribution < 1.29 is 17.6 Å². The maximum absolute atomic E-state index is 13.0. The molecule has 1 saturated heterocycles. The predicted octanol–water partition coefficient (Wildman–Crippen LogP) is 1.83. The van der Waals surface area contributed by atoms with E-state index in [4.69, 9.17) is 11.6 Å². The van der Waals surface area contributed by atoms with Crippen LogP contribution in [0.4, 0.5) is 4.39 Å². The highest BCUT2D eigenvalue weighted by atomic mass is 35.5. The number of nitrogens with zero attached hydrogens (tertiary/aromatic N) is 1. The summed E-state index contributed by atoms with van der Waals surface area (Å²) in [4.78, 5) is 12.0. The lowest BCUT2D eigenvalue weighted by Crippen LogP contribution is -2.33. The van der Waals surface area contributed by atoms with Gasteiger partial charge in [0, 0.05) is 6.54 Å². The minimum absolute atomic E-state index is 0.0110. The Bertz CT molecular complexity index is 617. The third kappa shape index (κ3) is 3.06. The molecule has 0 radical (unpaired) electrons. The lowest BCUT2D eigenvalue weighted by Gasteiger charge is -2.15. The van der Waals surface area contributed by atoms with Crippen molar-refractivity contribution in [2.75, 3.05) is 12.3 Å². The molecule has 1 aliphatic heterocycles. The molecule has 1 aromatic carbocycles. The Balaban J connectivity index is 2.15. The second-order valence-electron chi connectivity index (χ2n) is 4.73. The Kier molecular flexibility index (Phi) is 3.82. The molecule has 19 heavy (non-hydrogen) atoms. The fourth-order valence-electron chi connectivity index (χ4n) is 2.07. The molecular weight excluding hydrogens is 293 g/mol. The summed E-state index contributed by atoms with van der Waals surface area (Å²) >= 11 is 5.62. The highest BCUT2D eigenvalue weighted by Crippen LogP contribution is 2.21. The number of rotatable bonds is 2. The summed E-state index contributed by atoms with van der Waals surface area (Å²) in [6.45, 7) is 1.98. The topological polar surface area (TPSA) is 54.5 Å². The molecule has 1 atom stereocenters. The second-order valence-corrected chi connectivity index (χ2v) is 7.08. The first-order valence-electron chi connectivity index (χ1n) is 5.77. The lowest BCUT2D eigenvalue weighted by molar-refractivity contribution is -0.125. The van der Waals surface area contributed by atoms with Gasteiger partial charge in [-0.15, -0.1) is 0 Å². The smallest absolute Gasteiger partial charge is 0.240 e. The average molecular weight is 306 g/mol. The zero-order chi connectivity index (χ0) is 14.2. The van der Waals surface area contributed by atoms with E-state index in [2.05, 4.69) is 0 Å². The summed E-state index contributed by atoms with van der Waals surface area (Å²) in [5, 5.41) is -0.0806. The van der Waals surface area contributed by atoms with Crippen LogP contribution in [0.2, 0.25) is 5.02 Å². The van der Waals surface area contributed by atoms with Gasteiger partial charge in [0.25, 0.3) is 0 Å². The van der Waals surface area contributed by atoms with Gasteiger partial charge in [0.2, 0.25) is 15.9 Å². The molecule has 1 aliphatic rings. The van der Waals surface area contributed by atoms with E-state index in [0.717, 1.165) is 10.4 Å². The molecule has 0 aromatic heterocycles. The molecule has 1 amide bonds. The van der Waals surface area contributed by atoms with Crippen molar-refractivity contribution in [1.29, 1.82) is 0 Å². The zero-order valence-corrected chi connectivity index (χ0v) is 11.8. The third-order valence-corrected chi connectivity index (χ3v) is 5.23. The van der Waals surface area contributed by atoms with Gasteiger partial charge in [0.1, 0.15) is 5.82 Å². The van der Waals surface area contributed by atoms with Crippen LogP contribution in [0.3, 0.4) is 0 Å². The monoisotopic (exact) mass is 305 g/mol. The molecule has 7 heteroatoms. The molecule has 4 nitrogen and oxygen atoms in total. The molecule has 0 spiro atoms. The highest BCUT2D eigenvalue weighted by molar-refractivity contribution is 7.89. The van der Waals surface area contributed by atoms with E-state index in [1.165, 1.54) is 12.1 Å². The molecule has 1 unspecified atom stereocenters. The third-order valence-electron chi connectivity index (χ3n) is 2.93. The Labute approximate surface area is 116 Å². The number of benzene rings is 1. The van der Waals surface area contributed by atoms with E-state index in [-0.39, 0.29) is 29.7 Å². The number of carbonyl (C=O) groups is 1. The molecular formula is C12H13ClFNO3S. The van der Waals surface area contributed by atoms with Crippen LogP contribution in [0.5, 0.6) is 0 Å². The second kappa shape index (κ2) is 5.09. The molecule has 0 saturated carbocycles. The maximum atomic E-state index is 13.0. The van der Waals surface area contributed by atoms with Crippen LogP contribution in [0.25, 0.3) is 0 Å².